The lowest BCUT2D eigenvalue weighted by atomic mass is 9.61. The summed E-state index contributed by atoms with van der Waals surface area (Å²) in [5.74, 6) is 1.51. The Kier molecular flexibility index (Phi) is 8.14. The van der Waals surface area contributed by atoms with Gasteiger partial charge in [-0.2, -0.15) is 0 Å². The third-order valence-electron chi connectivity index (χ3n) is 8.86. The van der Waals surface area contributed by atoms with Crippen LogP contribution in [0.5, 0.6) is 17.2 Å². The number of nitrogens with one attached hydrogen (secondary N) is 1. The first-order valence-corrected chi connectivity index (χ1v) is 14.7. The van der Waals surface area contributed by atoms with Crippen molar-refractivity contribution < 1.29 is 23.4 Å². The molecule has 1 aromatic carbocycles. The number of hydrogen-bond acceptors (Lipinski definition) is 9. The van der Waals surface area contributed by atoms with Crippen LogP contribution in [0.4, 0.5) is 10.2 Å². The molecule has 1 amide bonds. The van der Waals surface area contributed by atoms with Gasteiger partial charge in [0.2, 0.25) is 0 Å². The third kappa shape index (κ3) is 5.61. The second-order valence-corrected chi connectivity index (χ2v) is 12.1. The first kappa shape index (κ1) is 29.5. The molecule has 0 unspecified atom stereocenters. The minimum atomic E-state index is -0.501. The monoisotopic (exact) mass is 610 g/mol. The van der Waals surface area contributed by atoms with Gasteiger partial charge in [-0.1, -0.05) is 0 Å². The summed E-state index contributed by atoms with van der Waals surface area (Å²) in [5, 5.41) is 3.41. The molecule has 1 saturated carbocycles. The van der Waals surface area contributed by atoms with Gasteiger partial charge in [-0.25, -0.2) is 14.4 Å². The van der Waals surface area contributed by atoms with Gasteiger partial charge in [0.15, 0.2) is 11.6 Å². The Morgan fingerprint density at radius 3 is 2.67 bits per heavy atom. The zero-order valence-electron chi connectivity index (χ0n) is 24.3. The first-order valence-electron chi connectivity index (χ1n) is 14.7. The molecular weight excluding hydrogens is 575 g/mol. The maximum absolute atomic E-state index is 14.4. The molecule has 43 heavy (non-hydrogen) atoms. The fourth-order valence-electron chi connectivity index (χ4n) is 6.83. The molecule has 3 aromatic rings. The topological polar surface area (TPSA) is 102 Å². The van der Waals surface area contributed by atoms with Gasteiger partial charge in [0.25, 0.3) is 5.91 Å². The maximum atomic E-state index is 14.4. The van der Waals surface area contributed by atoms with Gasteiger partial charge in [0, 0.05) is 55.5 Å². The van der Waals surface area contributed by atoms with Crippen LogP contribution in [0.15, 0.2) is 43.0 Å². The quantitative estimate of drug-likeness (QED) is 0.441. The highest BCUT2D eigenvalue weighted by Crippen LogP contribution is 2.52. The summed E-state index contributed by atoms with van der Waals surface area (Å²) in [6.45, 7) is 8.12. The second kappa shape index (κ2) is 11.9. The van der Waals surface area contributed by atoms with Crippen molar-refractivity contribution >= 4 is 24.1 Å². The molecule has 0 radical (unpaired) electrons. The van der Waals surface area contributed by atoms with Gasteiger partial charge in [-0.3, -0.25) is 9.78 Å². The van der Waals surface area contributed by atoms with Gasteiger partial charge in [-0.05, 0) is 51.0 Å². The fourth-order valence-corrected chi connectivity index (χ4v) is 6.83. The molecule has 1 N–H and O–H groups in total. The van der Waals surface area contributed by atoms with Crippen molar-refractivity contribution in [2.45, 2.75) is 57.8 Å². The van der Waals surface area contributed by atoms with Crippen LogP contribution < -0.4 is 19.7 Å². The lowest BCUT2D eigenvalue weighted by Gasteiger charge is -2.59. The molecule has 2 atom stereocenters. The zero-order chi connectivity index (χ0) is 28.8. The van der Waals surface area contributed by atoms with Gasteiger partial charge >= 0.3 is 0 Å². The predicted molar refractivity (Wildman–Crippen MR) is 160 cm³/mol. The van der Waals surface area contributed by atoms with Gasteiger partial charge < -0.3 is 29.3 Å². The number of halogens is 2. The number of benzene rings is 1. The van der Waals surface area contributed by atoms with Crippen LogP contribution in [-0.4, -0.2) is 76.8 Å². The number of morpholine rings is 1. The zero-order valence-corrected chi connectivity index (χ0v) is 25.1. The Labute approximate surface area is 256 Å². The summed E-state index contributed by atoms with van der Waals surface area (Å²) >= 11 is 0. The van der Waals surface area contributed by atoms with Crippen LogP contribution in [0.2, 0.25) is 0 Å². The van der Waals surface area contributed by atoms with E-state index in [9.17, 15) is 9.18 Å². The molecular formula is C31H36ClFN6O4. The van der Waals surface area contributed by atoms with Crippen molar-refractivity contribution in [3.8, 4) is 17.2 Å². The Balaban J connectivity index is 0.00000329. The lowest BCUT2D eigenvalue weighted by molar-refractivity contribution is -0.0349. The summed E-state index contributed by atoms with van der Waals surface area (Å²) in [7, 11) is 0. The number of hydrogen-bond donors (Lipinski definition) is 1. The van der Waals surface area contributed by atoms with E-state index in [1.165, 1.54) is 30.1 Å². The molecule has 4 aliphatic rings. The van der Waals surface area contributed by atoms with Gasteiger partial charge in [0.05, 0.1) is 37.1 Å². The number of ether oxygens (including phenoxy) is 3. The summed E-state index contributed by atoms with van der Waals surface area (Å²) < 4.78 is 32.6. The standard InChI is InChI=1S/C31H35FN6O4.ClH/c1-19-14-40-15-20(2)38(19)30(39)23-9-21(32)3-4-26(23)42-28-13-34-18-36-29(28)37-16-31(17-37)10-22(11-31)41-27-6-8-35-25-5-7-33-12-24(25)27;/h3-4,6,8-9,13,18-20,22,33H,5,7,10-12,14-17H2,1-2H3;1H/t19-,20-;/m1./s1. The number of aromatic nitrogens is 3. The third-order valence-corrected chi connectivity index (χ3v) is 8.86. The average Bonchev–Trinajstić information content (AvgIpc) is 2.95. The average molecular weight is 611 g/mol. The van der Waals surface area contributed by atoms with E-state index in [4.69, 9.17) is 14.2 Å². The summed E-state index contributed by atoms with van der Waals surface area (Å²) in [6.07, 6.45) is 7.99. The van der Waals surface area contributed by atoms with Crippen molar-refractivity contribution in [3.63, 3.8) is 0 Å². The highest BCUT2D eigenvalue weighted by atomic mass is 35.5. The molecule has 10 nitrogen and oxygen atoms in total. The lowest BCUT2D eigenvalue weighted by Crippen LogP contribution is -2.65. The van der Waals surface area contributed by atoms with Crippen molar-refractivity contribution in [1.82, 2.24) is 25.2 Å². The SMILES string of the molecule is C[C@@H]1COC[C@@H](C)N1C(=O)c1cc(F)ccc1Oc1cncnc1N1CC2(CC(Oc3ccnc4c3CNCC4)C2)C1.Cl. The van der Waals surface area contributed by atoms with Gasteiger partial charge in [-0.15, -0.1) is 12.4 Å². The minimum absolute atomic E-state index is 0. The fraction of sp³-hybridized carbons (Fsp3) is 0.484. The largest absolute Gasteiger partial charge is 0.490 e. The van der Waals surface area contributed by atoms with Crippen LogP contribution >= 0.6 is 12.4 Å². The van der Waals surface area contributed by atoms with Crippen LogP contribution in [0.25, 0.3) is 0 Å². The Hall–Kier alpha value is -3.54. The molecule has 228 valence electrons. The van der Waals surface area contributed by atoms with E-state index in [2.05, 4.69) is 25.2 Å². The van der Waals surface area contributed by atoms with E-state index < -0.39 is 5.82 Å². The van der Waals surface area contributed by atoms with Crippen molar-refractivity contribution in [1.29, 1.82) is 0 Å². The Morgan fingerprint density at radius 1 is 1.09 bits per heavy atom. The molecule has 3 aliphatic heterocycles. The van der Waals surface area contributed by atoms with Crippen LogP contribution in [0, 0.1) is 11.2 Å². The number of rotatable bonds is 6. The molecule has 3 fully saturated rings. The van der Waals surface area contributed by atoms with Gasteiger partial charge in [0.1, 0.15) is 29.7 Å². The van der Waals surface area contributed by atoms with E-state index in [1.54, 1.807) is 11.1 Å². The number of carbonyl (C=O) groups excluding carboxylic acids is 1. The van der Waals surface area contributed by atoms with Crippen molar-refractivity contribution in [3.05, 3.63) is 65.6 Å². The summed E-state index contributed by atoms with van der Waals surface area (Å²) in [5.41, 5.74) is 2.65. The number of nitrogens with zero attached hydrogens (tertiary/aromatic N) is 5. The molecule has 1 spiro atoms. The molecule has 2 aromatic heterocycles. The Bertz CT molecular complexity index is 1490. The van der Waals surface area contributed by atoms with E-state index >= 15 is 0 Å². The number of amides is 1. The maximum Gasteiger partial charge on any atom is 0.258 e. The molecule has 12 heteroatoms. The number of anilines is 1. The second-order valence-electron chi connectivity index (χ2n) is 12.1. The van der Waals surface area contributed by atoms with Crippen molar-refractivity contribution in [2.24, 2.45) is 5.41 Å². The molecule has 1 aliphatic carbocycles. The van der Waals surface area contributed by atoms with E-state index in [-0.39, 0.29) is 53.2 Å². The predicted octanol–water partition coefficient (Wildman–Crippen LogP) is 4.17. The first-order chi connectivity index (χ1) is 20.4. The Morgan fingerprint density at radius 2 is 1.88 bits per heavy atom. The van der Waals surface area contributed by atoms with Crippen LogP contribution in [-0.2, 0) is 17.7 Å². The molecule has 7 rings (SSSR count). The van der Waals surface area contributed by atoms with E-state index in [0.717, 1.165) is 56.9 Å². The summed E-state index contributed by atoms with van der Waals surface area (Å²) in [6, 6.07) is 5.73. The smallest absolute Gasteiger partial charge is 0.258 e. The highest BCUT2D eigenvalue weighted by molar-refractivity contribution is 5.97. The number of fused-ring (bicyclic) bond motifs is 1. The van der Waals surface area contributed by atoms with E-state index in [1.807, 2.05) is 26.1 Å². The number of carbonyl (C=O) groups is 1. The molecule has 2 saturated heterocycles. The summed E-state index contributed by atoms with van der Waals surface area (Å²) in [4.78, 5) is 30.7. The van der Waals surface area contributed by atoms with Crippen molar-refractivity contribution in [2.75, 3.05) is 37.7 Å². The highest BCUT2D eigenvalue weighted by Gasteiger charge is 2.54. The normalized spacial score (nSPS) is 22.6. The number of pyridine rings is 1. The molecule has 5 heterocycles. The van der Waals surface area contributed by atoms with E-state index in [0.29, 0.717) is 24.8 Å². The molecule has 0 bridgehead atoms. The minimum Gasteiger partial charge on any atom is -0.490 e. The van der Waals surface area contributed by atoms with Crippen LogP contribution in [0.3, 0.4) is 0 Å². The van der Waals surface area contributed by atoms with Crippen LogP contribution in [0.1, 0.15) is 48.3 Å².